The van der Waals surface area contributed by atoms with E-state index in [1.54, 1.807) is 4.68 Å². The second kappa shape index (κ2) is 7.17. The molecule has 0 fully saturated rings. The number of aliphatic imine (C=N–C) groups is 1. The minimum Gasteiger partial charge on any atom is -0.488 e. The number of aromatic nitrogens is 2. The van der Waals surface area contributed by atoms with Crippen LogP contribution in [0, 0.1) is 0 Å². The van der Waals surface area contributed by atoms with Crippen LogP contribution in [0.2, 0.25) is 0 Å². The van der Waals surface area contributed by atoms with Crippen molar-refractivity contribution in [1.29, 1.82) is 0 Å². The number of nitrogens with one attached hydrogen (secondary N) is 2. The number of benzene rings is 1. The molecule has 0 saturated heterocycles. The smallest absolute Gasteiger partial charge is 0.191 e. The highest BCUT2D eigenvalue weighted by atomic mass is 16.5. The van der Waals surface area contributed by atoms with Gasteiger partial charge in [-0.2, -0.15) is 5.10 Å². The maximum Gasteiger partial charge on any atom is 0.191 e. The molecule has 2 N–H and O–H groups in total. The Balaban J connectivity index is 1.54. The summed E-state index contributed by atoms with van der Waals surface area (Å²) < 4.78 is 7.73. The lowest BCUT2D eigenvalue weighted by atomic mass is 10.1. The van der Waals surface area contributed by atoms with E-state index >= 15 is 0 Å². The number of hydrogen-bond donors (Lipinski definition) is 2. The summed E-state index contributed by atoms with van der Waals surface area (Å²) in [6, 6.07) is 8.21. The second-order valence-electron chi connectivity index (χ2n) is 5.65. The Bertz CT molecular complexity index is 654. The van der Waals surface area contributed by atoms with Gasteiger partial charge in [-0.25, -0.2) is 4.99 Å². The molecule has 1 atom stereocenters. The van der Waals surface area contributed by atoms with Gasteiger partial charge in [0.1, 0.15) is 11.9 Å². The summed E-state index contributed by atoms with van der Waals surface area (Å²) in [6.45, 7) is 4.22. The average Bonchev–Trinajstić information content (AvgIpc) is 3.15. The summed E-state index contributed by atoms with van der Waals surface area (Å²) in [4.78, 5) is 4.59. The lowest BCUT2D eigenvalue weighted by Crippen LogP contribution is -2.42. The molecule has 2 heterocycles. The van der Waals surface area contributed by atoms with E-state index in [2.05, 4.69) is 39.8 Å². The molecule has 1 aliphatic heterocycles. The zero-order chi connectivity index (χ0) is 16.1. The van der Waals surface area contributed by atoms with E-state index in [1.807, 2.05) is 31.6 Å². The summed E-state index contributed by atoms with van der Waals surface area (Å²) in [6.07, 6.45) is 4.90. The molecule has 23 heavy (non-hydrogen) atoms. The molecule has 1 unspecified atom stereocenters. The third-order valence-corrected chi connectivity index (χ3v) is 3.73. The molecule has 122 valence electrons. The molecule has 0 radical (unpaired) electrons. The van der Waals surface area contributed by atoms with Gasteiger partial charge in [0.15, 0.2) is 5.96 Å². The predicted octanol–water partition coefficient (Wildman–Crippen LogP) is 1.48. The van der Waals surface area contributed by atoms with Crippen molar-refractivity contribution in [2.24, 2.45) is 12.0 Å². The van der Waals surface area contributed by atoms with Crippen LogP contribution >= 0.6 is 0 Å². The summed E-state index contributed by atoms with van der Waals surface area (Å²) in [7, 11) is 1.91. The quantitative estimate of drug-likeness (QED) is 0.648. The SMILES string of the molecule is CCNC(=NCc1cnn(C)c1)NCC1Cc2ccccc2O1. The number of nitrogens with zero attached hydrogens (tertiary/aromatic N) is 3. The highest BCUT2D eigenvalue weighted by Gasteiger charge is 2.22. The zero-order valence-corrected chi connectivity index (χ0v) is 13.6. The predicted molar refractivity (Wildman–Crippen MR) is 90.6 cm³/mol. The Labute approximate surface area is 136 Å². The number of guanidine groups is 1. The zero-order valence-electron chi connectivity index (χ0n) is 13.6. The van der Waals surface area contributed by atoms with Crippen LogP contribution in [0.25, 0.3) is 0 Å². The number of hydrogen-bond acceptors (Lipinski definition) is 3. The van der Waals surface area contributed by atoms with E-state index in [1.165, 1.54) is 5.56 Å². The van der Waals surface area contributed by atoms with Crippen LogP contribution in [-0.2, 0) is 20.0 Å². The summed E-state index contributed by atoms with van der Waals surface area (Å²) >= 11 is 0. The molecule has 0 aliphatic carbocycles. The van der Waals surface area contributed by atoms with Gasteiger partial charge < -0.3 is 15.4 Å². The first-order valence-corrected chi connectivity index (χ1v) is 7.99. The van der Waals surface area contributed by atoms with E-state index in [0.717, 1.165) is 36.8 Å². The molecule has 1 aromatic heterocycles. The molecule has 2 aromatic rings. The lowest BCUT2D eigenvalue weighted by molar-refractivity contribution is 0.235. The van der Waals surface area contributed by atoms with Gasteiger partial charge in [0.25, 0.3) is 0 Å². The highest BCUT2D eigenvalue weighted by Crippen LogP contribution is 2.27. The molecule has 1 aliphatic rings. The van der Waals surface area contributed by atoms with Crippen molar-refractivity contribution < 1.29 is 4.74 Å². The van der Waals surface area contributed by atoms with Gasteiger partial charge in [-0.1, -0.05) is 18.2 Å². The number of fused-ring (bicyclic) bond motifs is 1. The summed E-state index contributed by atoms with van der Waals surface area (Å²) in [5, 5.41) is 10.8. The van der Waals surface area contributed by atoms with E-state index in [0.29, 0.717) is 6.54 Å². The van der Waals surface area contributed by atoms with E-state index in [4.69, 9.17) is 4.74 Å². The molecule has 6 heteroatoms. The van der Waals surface area contributed by atoms with Crippen LogP contribution in [0.3, 0.4) is 0 Å². The number of rotatable bonds is 5. The first-order valence-electron chi connectivity index (χ1n) is 7.99. The second-order valence-corrected chi connectivity index (χ2v) is 5.65. The normalized spacial score (nSPS) is 16.8. The topological polar surface area (TPSA) is 63.5 Å². The van der Waals surface area contributed by atoms with Crippen LogP contribution in [0.4, 0.5) is 0 Å². The van der Waals surface area contributed by atoms with Crippen LogP contribution in [0.15, 0.2) is 41.7 Å². The first kappa shape index (κ1) is 15.4. The van der Waals surface area contributed by atoms with Crippen molar-refractivity contribution in [2.45, 2.75) is 26.0 Å². The van der Waals surface area contributed by atoms with Gasteiger partial charge in [-0.15, -0.1) is 0 Å². The third kappa shape index (κ3) is 4.03. The van der Waals surface area contributed by atoms with Crippen molar-refractivity contribution in [3.63, 3.8) is 0 Å². The van der Waals surface area contributed by atoms with Crippen LogP contribution in [0.1, 0.15) is 18.1 Å². The maximum atomic E-state index is 5.94. The van der Waals surface area contributed by atoms with Crippen molar-refractivity contribution in [1.82, 2.24) is 20.4 Å². The number of aryl methyl sites for hydroxylation is 1. The van der Waals surface area contributed by atoms with Crippen molar-refractivity contribution >= 4 is 5.96 Å². The highest BCUT2D eigenvalue weighted by molar-refractivity contribution is 5.79. The van der Waals surface area contributed by atoms with Gasteiger partial charge in [0.2, 0.25) is 0 Å². The monoisotopic (exact) mass is 313 g/mol. The fraction of sp³-hybridized carbons (Fsp3) is 0.412. The summed E-state index contributed by atoms with van der Waals surface area (Å²) in [5.41, 5.74) is 2.37. The van der Waals surface area contributed by atoms with Gasteiger partial charge >= 0.3 is 0 Å². The van der Waals surface area contributed by atoms with Gasteiger partial charge in [0, 0.05) is 31.8 Å². The molecule has 0 amide bonds. The Morgan fingerprint density at radius 3 is 3.00 bits per heavy atom. The van der Waals surface area contributed by atoms with E-state index in [9.17, 15) is 0 Å². The standard InChI is InChI=1S/C17H23N5O/c1-3-18-17(19-9-13-10-21-22(2)12-13)20-11-15-8-14-6-4-5-7-16(14)23-15/h4-7,10,12,15H,3,8-9,11H2,1-2H3,(H2,18,19,20). The van der Waals surface area contributed by atoms with Gasteiger partial charge in [-0.05, 0) is 18.6 Å². The Hall–Kier alpha value is -2.50. The molecule has 6 nitrogen and oxygen atoms in total. The minimum atomic E-state index is 0.148. The van der Waals surface area contributed by atoms with Crippen LogP contribution in [0.5, 0.6) is 5.75 Å². The Morgan fingerprint density at radius 2 is 2.26 bits per heavy atom. The lowest BCUT2D eigenvalue weighted by Gasteiger charge is -2.15. The number of ether oxygens (including phenoxy) is 1. The molecular weight excluding hydrogens is 290 g/mol. The molecule has 0 spiro atoms. The number of para-hydroxylation sites is 1. The maximum absolute atomic E-state index is 5.94. The van der Waals surface area contributed by atoms with Crippen molar-refractivity contribution in [3.8, 4) is 5.75 Å². The largest absolute Gasteiger partial charge is 0.488 e. The van der Waals surface area contributed by atoms with Crippen molar-refractivity contribution in [3.05, 3.63) is 47.8 Å². The average molecular weight is 313 g/mol. The molecule has 1 aromatic carbocycles. The first-order chi connectivity index (χ1) is 11.2. The molecule has 0 bridgehead atoms. The van der Waals surface area contributed by atoms with Crippen LogP contribution in [-0.4, -0.2) is 34.9 Å². The third-order valence-electron chi connectivity index (χ3n) is 3.73. The Morgan fingerprint density at radius 1 is 1.39 bits per heavy atom. The van der Waals surface area contributed by atoms with Crippen molar-refractivity contribution in [2.75, 3.05) is 13.1 Å². The Kier molecular flexibility index (Phi) is 4.80. The molecule has 3 rings (SSSR count). The van der Waals surface area contributed by atoms with E-state index in [-0.39, 0.29) is 6.10 Å². The van der Waals surface area contributed by atoms with Crippen LogP contribution < -0.4 is 15.4 Å². The fourth-order valence-electron chi connectivity index (χ4n) is 2.64. The molecular formula is C17H23N5O. The van der Waals surface area contributed by atoms with Gasteiger partial charge in [-0.3, -0.25) is 4.68 Å². The fourth-order valence-corrected chi connectivity index (χ4v) is 2.64. The summed E-state index contributed by atoms with van der Waals surface area (Å²) in [5.74, 6) is 1.80. The van der Waals surface area contributed by atoms with E-state index < -0.39 is 0 Å². The molecule has 0 saturated carbocycles. The van der Waals surface area contributed by atoms with Gasteiger partial charge in [0.05, 0.1) is 19.3 Å². The minimum absolute atomic E-state index is 0.148.